The number of likely N-dealkylation sites (N-methyl/N-ethyl adjacent to an activating group) is 1. The van der Waals surface area contributed by atoms with Crippen molar-refractivity contribution in [3.8, 4) is 6.07 Å². The van der Waals surface area contributed by atoms with Crippen LogP contribution in [0, 0.1) is 11.3 Å². The zero-order chi connectivity index (χ0) is 14.6. The quantitative estimate of drug-likeness (QED) is 0.908. The number of hydrogen-bond donors (Lipinski definition) is 1. The van der Waals surface area contributed by atoms with E-state index >= 15 is 0 Å². The van der Waals surface area contributed by atoms with E-state index in [1.165, 1.54) is 16.4 Å². The van der Waals surface area contributed by atoms with Gasteiger partial charge in [-0.3, -0.25) is 0 Å². The third-order valence-corrected chi connectivity index (χ3v) is 5.47. The first kappa shape index (κ1) is 15.0. The van der Waals surface area contributed by atoms with E-state index in [2.05, 4.69) is 5.32 Å². The minimum absolute atomic E-state index is 0.0841. The van der Waals surface area contributed by atoms with Gasteiger partial charge in [0, 0.05) is 19.6 Å². The number of rotatable bonds is 4. The minimum atomic E-state index is -3.61. The summed E-state index contributed by atoms with van der Waals surface area (Å²) in [6.45, 7) is 1.37. The van der Waals surface area contributed by atoms with Crippen LogP contribution < -0.4 is 5.32 Å². The van der Waals surface area contributed by atoms with Crippen LogP contribution >= 0.6 is 0 Å². The van der Waals surface area contributed by atoms with Crippen molar-refractivity contribution in [2.24, 2.45) is 0 Å². The second-order valence-electron chi connectivity index (χ2n) is 5.04. The van der Waals surface area contributed by atoms with E-state index < -0.39 is 10.0 Å². The van der Waals surface area contributed by atoms with Crippen molar-refractivity contribution in [2.75, 3.05) is 20.1 Å². The molecule has 0 aromatic heterocycles. The lowest BCUT2D eigenvalue weighted by Gasteiger charge is -2.28. The van der Waals surface area contributed by atoms with Crippen molar-refractivity contribution in [3.05, 3.63) is 29.8 Å². The Bertz CT molecular complexity index is 601. The molecule has 1 atom stereocenters. The second-order valence-corrected chi connectivity index (χ2v) is 7.05. The van der Waals surface area contributed by atoms with Crippen molar-refractivity contribution < 1.29 is 8.42 Å². The monoisotopic (exact) mass is 293 g/mol. The van der Waals surface area contributed by atoms with Crippen molar-refractivity contribution in [1.29, 1.82) is 5.26 Å². The average Bonchev–Trinajstić information content (AvgIpc) is 2.48. The lowest BCUT2D eigenvalue weighted by atomic mass is 10.1. The standard InChI is InChI=1S/C14H19N3O2S/c1-17(11-13-7-4-5-9-16-13)20(18,19)14-8-3-2-6-12(14)10-15/h2-3,6,8,13,16H,4-5,7,9,11H2,1H3. The molecule has 0 bridgehead atoms. The van der Waals surface area contributed by atoms with Gasteiger partial charge in [0.05, 0.1) is 10.5 Å². The molecule has 1 heterocycles. The molecular weight excluding hydrogens is 274 g/mol. The van der Waals surface area contributed by atoms with Crippen molar-refractivity contribution in [3.63, 3.8) is 0 Å². The average molecular weight is 293 g/mol. The van der Waals surface area contributed by atoms with Gasteiger partial charge in [-0.25, -0.2) is 8.42 Å². The van der Waals surface area contributed by atoms with Crippen LogP contribution in [0.2, 0.25) is 0 Å². The molecule has 1 unspecified atom stereocenters. The molecular formula is C14H19N3O2S. The topological polar surface area (TPSA) is 73.2 Å². The lowest BCUT2D eigenvalue weighted by Crippen LogP contribution is -2.44. The van der Waals surface area contributed by atoms with E-state index in [0.717, 1.165) is 25.8 Å². The molecule has 5 nitrogen and oxygen atoms in total. The summed E-state index contributed by atoms with van der Waals surface area (Å²) in [6.07, 6.45) is 3.25. The first-order valence-corrected chi connectivity index (χ1v) is 8.18. The van der Waals surface area contributed by atoms with Crippen LogP contribution in [-0.2, 0) is 10.0 Å². The molecule has 0 radical (unpaired) electrons. The largest absolute Gasteiger partial charge is 0.313 e. The number of nitriles is 1. The third-order valence-electron chi connectivity index (χ3n) is 3.59. The predicted molar refractivity (Wildman–Crippen MR) is 76.6 cm³/mol. The van der Waals surface area contributed by atoms with Crippen molar-refractivity contribution in [1.82, 2.24) is 9.62 Å². The summed E-state index contributed by atoms with van der Waals surface area (Å²) in [5, 5.41) is 12.4. The summed E-state index contributed by atoms with van der Waals surface area (Å²) in [5.41, 5.74) is 0.191. The molecule has 1 saturated heterocycles. The Kier molecular flexibility index (Phi) is 4.76. The molecule has 20 heavy (non-hydrogen) atoms. The van der Waals surface area contributed by atoms with Gasteiger partial charge in [-0.2, -0.15) is 9.57 Å². The fourth-order valence-corrected chi connectivity index (χ4v) is 3.79. The molecule has 1 aromatic rings. The number of nitrogens with one attached hydrogen (secondary N) is 1. The molecule has 0 aliphatic carbocycles. The van der Waals surface area contributed by atoms with Gasteiger partial charge < -0.3 is 5.32 Å². The zero-order valence-electron chi connectivity index (χ0n) is 11.5. The van der Waals surface area contributed by atoms with Crippen LogP contribution in [-0.4, -0.2) is 38.9 Å². The molecule has 1 N–H and O–H groups in total. The fraction of sp³-hybridized carbons (Fsp3) is 0.500. The number of benzene rings is 1. The predicted octanol–water partition coefficient (Wildman–Crippen LogP) is 1.32. The molecule has 108 valence electrons. The molecule has 6 heteroatoms. The van der Waals surface area contributed by atoms with Gasteiger partial charge in [0.25, 0.3) is 0 Å². The van der Waals surface area contributed by atoms with E-state index in [1.807, 2.05) is 6.07 Å². The molecule has 1 aliphatic rings. The zero-order valence-corrected chi connectivity index (χ0v) is 12.4. The van der Waals surface area contributed by atoms with Crippen LogP contribution in [0.5, 0.6) is 0 Å². The Hall–Kier alpha value is -1.42. The SMILES string of the molecule is CN(CC1CCCCN1)S(=O)(=O)c1ccccc1C#N. The third kappa shape index (κ3) is 3.18. The van der Waals surface area contributed by atoms with Gasteiger partial charge in [-0.05, 0) is 31.5 Å². The van der Waals surface area contributed by atoms with Crippen molar-refractivity contribution >= 4 is 10.0 Å². The highest BCUT2D eigenvalue weighted by Crippen LogP contribution is 2.19. The van der Waals surface area contributed by atoms with Gasteiger partial charge in [-0.1, -0.05) is 18.6 Å². The first-order valence-electron chi connectivity index (χ1n) is 6.74. The van der Waals surface area contributed by atoms with Crippen LogP contribution in [0.3, 0.4) is 0 Å². The maximum Gasteiger partial charge on any atom is 0.244 e. The molecule has 1 fully saturated rings. The molecule has 0 spiro atoms. The maximum atomic E-state index is 12.5. The van der Waals surface area contributed by atoms with Gasteiger partial charge in [-0.15, -0.1) is 0 Å². The fourth-order valence-electron chi connectivity index (χ4n) is 2.44. The Morgan fingerprint density at radius 2 is 2.15 bits per heavy atom. The summed E-state index contributed by atoms with van der Waals surface area (Å²) in [5.74, 6) is 0. The Morgan fingerprint density at radius 1 is 1.40 bits per heavy atom. The van der Waals surface area contributed by atoms with E-state index in [4.69, 9.17) is 5.26 Å². The number of sulfonamides is 1. The second kappa shape index (κ2) is 6.35. The van der Waals surface area contributed by atoms with Crippen LogP contribution in [0.4, 0.5) is 0 Å². The summed E-state index contributed by atoms with van der Waals surface area (Å²) >= 11 is 0. The van der Waals surface area contributed by atoms with Crippen LogP contribution in [0.1, 0.15) is 24.8 Å². The first-order chi connectivity index (χ1) is 9.55. The van der Waals surface area contributed by atoms with E-state index in [-0.39, 0.29) is 16.5 Å². The molecule has 2 rings (SSSR count). The summed E-state index contributed by atoms with van der Waals surface area (Å²) in [6, 6.07) is 8.45. The van der Waals surface area contributed by atoms with E-state index in [1.54, 1.807) is 19.2 Å². The number of hydrogen-bond acceptors (Lipinski definition) is 4. The van der Waals surface area contributed by atoms with E-state index in [9.17, 15) is 8.42 Å². The van der Waals surface area contributed by atoms with E-state index in [0.29, 0.717) is 6.54 Å². The number of piperidine rings is 1. The van der Waals surface area contributed by atoms with Crippen LogP contribution in [0.15, 0.2) is 29.2 Å². The summed E-state index contributed by atoms with van der Waals surface area (Å²) < 4.78 is 26.4. The molecule has 0 saturated carbocycles. The lowest BCUT2D eigenvalue weighted by molar-refractivity contribution is 0.337. The highest BCUT2D eigenvalue weighted by molar-refractivity contribution is 7.89. The smallest absolute Gasteiger partial charge is 0.244 e. The van der Waals surface area contributed by atoms with Gasteiger partial charge in [0.2, 0.25) is 10.0 Å². The highest BCUT2D eigenvalue weighted by atomic mass is 32.2. The number of nitrogens with zero attached hydrogens (tertiary/aromatic N) is 2. The summed E-state index contributed by atoms with van der Waals surface area (Å²) in [7, 11) is -2.04. The minimum Gasteiger partial charge on any atom is -0.313 e. The Balaban J connectivity index is 2.19. The van der Waals surface area contributed by atoms with Gasteiger partial charge >= 0.3 is 0 Å². The normalized spacial score (nSPS) is 19.8. The van der Waals surface area contributed by atoms with Gasteiger partial charge in [0.1, 0.15) is 6.07 Å². The molecule has 1 aromatic carbocycles. The molecule has 1 aliphatic heterocycles. The van der Waals surface area contributed by atoms with Crippen LogP contribution in [0.25, 0.3) is 0 Å². The van der Waals surface area contributed by atoms with Gasteiger partial charge in [0.15, 0.2) is 0 Å². The Morgan fingerprint density at radius 3 is 2.80 bits per heavy atom. The molecule has 0 amide bonds. The summed E-state index contributed by atoms with van der Waals surface area (Å²) in [4.78, 5) is 0.0841. The highest BCUT2D eigenvalue weighted by Gasteiger charge is 2.26. The maximum absolute atomic E-state index is 12.5. The van der Waals surface area contributed by atoms with Crippen molar-refractivity contribution in [2.45, 2.75) is 30.2 Å². The Labute approximate surface area is 120 Å².